The molecule has 2 aliphatic rings. The van der Waals surface area contributed by atoms with E-state index >= 15 is 0 Å². The maximum absolute atomic E-state index is 13.4. The van der Waals surface area contributed by atoms with E-state index in [-0.39, 0.29) is 6.03 Å². The highest BCUT2D eigenvalue weighted by Gasteiger charge is 2.28. The normalized spacial score (nSPS) is 23.8. The van der Waals surface area contributed by atoms with Crippen LogP contribution in [0, 0.1) is 17.8 Å². The molecule has 1 aromatic carbocycles. The van der Waals surface area contributed by atoms with E-state index in [1.54, 1.807) is 0 Å². The van der Waals surface area contributed by atoms with Crippen LogP contribution in [0.25, 0.3) is 0 Å². The van der Waals surface area contributed by atoms with Gasteiger partial charge in [0.25, 0.3) is 0 Å². The lowest BCUT2D eigenvalue weighted by molar-refractivity contribution is 0.158. The Balaban J connectivity index is 1.65. The van der Waals surface area contributed by atoms with Crippen LogP contribution < -0.4 is 4.90 Å². The fourth-order valence-electron chi connectivity index (χ4n) is 4.77. The molecule has 0 bridgehead atoms. The van der Waals surface area contributed by atoms with Gasteiger partial charge in [0.1, 0.15) is 0 Å². The van der Waals surface area contributed by atoms with Gasteiger partial charge < -0.3 is 4.90 Å². The Kier molecular flexibility index (Phi) is 8.05. The van der Waals surface area contributed by atoms with Crippen molar-refractivity contribution in [1.82, 2.24) is 4.90 Å². The number of anilines is 1. The van der Waals surface area contributed by atoms with E-state index in [0.29, 0.717) is 11.8 Å². The van der Waals surface area contributed by atoms with Gasteiger partial charge in [0.05, 0.1) is 0 Å². The molecule has 2 aliphatic carbocycles. The Bertz CT molecular complexity index is 565. The minimum Gasteiger partial charge on any atom is -0.324 e. The zero-order valence-electron chi connectivity index (χ0n) is 16.8. The number of para-hydroxylation sites is 1. The lowest BCUT2D eigenvalue weighted by Crippen LogP contribution is -2.46. The SMILES string of the molecule is CN(C(=O)N(CC1CCCCC1)C[C@H]1CC[C@H](CBr)CC1)c1ccccc1. The molecule has 0 atom stereocenters. The van der Waals surface area contributed by atoms with Crippen molar-refractivity contribution in [3.63, 3.8) is 0 Å². The molecule has 0 unspecified atom stereocenters. The predicted molar refractivity (Wildman–Crippen MR) is 118 cm³/mol. The Morgan fingerprint density at radius 1 is 0.889 bits per heavy atom. The van der Waals surface area contributed by atoms with Gasteiger partial charge in [0, 0.05) is 31.2 Å². The number of nitrogens with zero attached hydrogens (tertiary/aromatic N) is 2. The molecular formula is C23H35BrN2O. The number of halogens is 1. The van der Waals surface area contributed by atoms with E-state index < -0.39 is 0 Å². The summed E-state index contributed by atoms with van der Waals surface area (Å²) in [6, 6.07) is 10.2. The molecule has 0 aliphatic heterocycles. The third-order valence-electron chi connectivity index (χ3n) is 6.57. The summed E-state index contributed by atoms with van der Waals surface area (Å²) in [7, 11) is 1.92. The molecule has 0 N–H and O–H groups in total. The first-order valence-electron chi connectivity index (χ1n) is 10.8. The van der Waals surface area contributed by atoms with Crippen LogP contribution >= 0.6 is 15.9 Å². The van der Waals surface area contributed by atoms with Crippen LogP contribution in [-0.2, 0) is 0 Å². The fraction of sp³-hybridized carbons (Fsp3) is 0.696. The minimum absolute atomic E-state index is 0.175. The van der Waals surface area contributed by atoms with Gasteiger partial charge in [-0.15, -0.1) is 0 Å². The molecule has 0 heterocycles. The van der Waals surface area contributed by atoms with Crippen LogP contribution in [0.15, 0.2) is 30.3 Å². The van der Waals surface area contributed by atoms with Crippen LogP contribution in [-0.4, -0.2) is 36.4 Å². The summed E-state index contributed by atoms with van der Waals surface area (Å²) >= 11 is 3.64. The van der Waals surface area contributed by atoms with Crippen LogP contribution in [0.1, 0.15) is 57.8 Å². The van der Waals surface area contributed by atoms with E-state index in [4.69, 9.17) is 0 Å². The summed E-state index contributed by atoms with van der Waals surface area (Å²) in [5.41, 5.74) is 0.985. The average molecular weight is 435 g/mol. The number of urea groups is 1. The van der Waals surface area contributed by atoms with Gasteiger partial charge >= 0.3 is 6.03 Å². The van der Waals surface area contributed by atoms with Crippen LogP contribution in [0.4, 0.5) is 10.5 Å². The summed E-state index contributed by atoms with van der Waals surface area (Å²) in [5.74, 6) is 2.18. The van der Waals surface area contributed by atoms with Crippen LogP contribution in [0.2, 0.25) is 0 Å². The summed E-state index contributed by atoms with van der Waals surface area (Å²) in [4.78, 5) is 17.4. The smallest absolute Gasteiger partial charge is 0.324 e. The molecule has 3 nitrogen and oxygen atoms in total. The zero-order chi connectivity index (χ0) is 19.1. The molecule has 2 amide bonds. The molecule has 3 rings (SSSR count). The maximum atomic E-state index is 13.4. The van der Waals surface area contributed by atoms with Gasteiger partial charge in [-0.3, -0.25) is 4.90 Å². The molecule has 0 spiro atoms. The van der Waals surface area contributed by atoms with E-state index in [1.165, 1.54) is 57.8 Å². The van der Waals surface area contributed by atoms with E-state index in [1.807, 2.05) is 42.3 Å². The van der Waals surface area contributed by atoms with Crippen molar-refractivity contribution in [3.8, 4) is 0 Å². The number of carbonyl (C=O) groups is 1. The molecule has 2 fully saturated rings. The Hall–Kier alpha value is -1.03. The average Bonchev–Trinajstić information content (AvgIpc) is 2.74. The number of carbonyl (C=O) groups excluding carboxylic acids is 1. The second-order valence-electron chi connectivity index (χ2n) is 8.63. The quantitative estimate of drug-likeness (QED) is 0.479. The first-order chi connectivity index (χ1) is 13.2. The van der Waals surface area contributed by atoms with Crippen molar-refractivity contribution in [2.45, 2.75) is 57.8 Å². The lowest BCUT2D eigenvalue weighted by atomic mass is 9.82. The number of hydrogen-bond acceptors (Lipinski definition) is 1. The lowest BCUT2D eigenvalue weighted by Gasteiger charge is -2.37. The summed E-state index contributed by atoms with van der Waals surface area (Å²) in [6.07, 6.45) is 11.7. The number of amides is 2. The van der Waals surface area contributed by atoms with E-state index in [0.717, 1.165) is 30.0 Å². The monoisotopic (exact) mass is 434 g/mol. The van der Waals surface area contributed by atoms with E-state index in [9.17, 15) is 4.79 Å². The highest BCUT2D eigenvalue weighted by Crippen LogP contribution is 2.32. The van der Waals surface area contributed by atoms with Crippen molar-refractivity contribution in [3.05, 3.63) is 30.3 Å². The first-order valence-corrected chi connectivity index (χ1v) is 11.9. The molecule has 1 aromatic rings. The second-order valence-corrected chi connectivity index (χ2v) is 9.27. The third-order valence-corrected chi connectivity index (χ3v) is 7.48. The standard InChI is InChI=1S/C23H35BrN2O/c1-25(22-10-6-3-7-11-22)23(27)26(17-20-8-4-2-5-9-20)18-21-14-12-19(16-24)13-15-21/h3,6-7,10-11,19-21H,2,4-5,8-9,12-18H2,1H3/t19-,21-. The minimum atomic E-state index is 0.175. The maximum Gasteiger partial charge on any atom is 0.324 e. The van der Waals surface area contributed by atoms with Gasteiger partial charge in [-0.05, 0) is 68.4 Å². The predicted octanol–water partition coefficient (Wildman–Crippen LogP) is 6.33. The van der Waals surface area contributed by atoms with Crippen molar-refractivity contribution in [2.24, 2.45) is 17.8 Å². The fourth-order valence-corrected chi connectivity index (χ4v) is 5.41. The largest absolute Gasteiger partial charge is 0.324 e. The molecular weight excluding hydrogens is 400 g/mol. The van der Waals surface area contributed by atoms with Crippen LogP contribution in [0.5, 0.6) is 0 Å². The Labute approximate surface area is 173 Å². The summed E-state index contributed by atoms with van der Waals surface area (Å²) < 4.78 is 0. The molecule has 27 heavy (non-hydrogen) atoms. The molecule has 4 heteroatoms. The Morgan fingerprint density at radius 2 is 1.44 bits per heavy atom. The van der Waals surface area contributed by atoms with Crippen molar-refractivity contribution >= 4 is 27.6 Å². The van der Waals surface area contributed by atoms with Crippen molar-refractivity contribution in [2.75, 3.05) is 30.4 Å². The topological polar surface area (TPSA) is 23.6 Å². The number of hydrogen-bond donors (Lipinski definition) is 0. The number of benzene rings is 1. The highest BCUT2D eigenvalue weighted by molar-refractivity contribution is 9.09. The summed E-state index contributed by atoms with van der Waals surface area (Å²) in [6.45, 7) is 1.87. The summed E-state index contributed by atoms with van der Waals surface area (Å²) in [5, 5.41) is 1.13. The number of rotatable bonds is 6. The van der Waals surface area contributed by atoms with Gasteiger partial charge in [0.2, 0.25) is 0 Å². The van der Waals surface area contributed by atoms with Crippen LogP contribution in [0.3, 0.4) is 0 Å². The van der Waals surface area contributed by atoms with Gasteiger partial charge in [-0.25, -0.2) is 4.79 Å². The van der Waals surface area contributed by atoms with Gasteiger partial charge in [-0.2, -0.15) is 0 Å². The highest BCUT2D eigenvalue weighted by atomic mass is 79.9. The second kappa shape index (κ2) is 10.5. The molecule has 150 valence electrons. The number of alkyl halides is 1. The van der Waals surface area contributed by atoms with Gasteiger partial charge in [-0.1, -0.05) is 53.4 Å². The zero-order valence-corrected chi connectivity index (χ0v) is 18.4. The van der Waals surface area contributed by atoms with Crippen molar-refractivity contribution in [1.29, 1.82) is 0 Å². The molecule has 0 saturated heterocycles. The third kappa shape index (κ3) is 5.97. The van der Waals surface area contributed by atoms with Crippen molar-refractivity contribution < 1.29 is 4.79 Å². The first kappa shape index (κ1) is 20.7. The van der Waals surface area contributed by atoms with E-state index in [2.05, 4.69) is 20.8 Å². The molecule has 0 aromatic heterocycles. The molecule has 0 radical (unpaired) electrons. The molecule has 2 saturated carbocycles. The van der Waals surface area contributed by atoms with Gasteiger partial charge in [0.15, 0.2) is 0 Å². The Morgan fingerprint density at radius 3 is 2.04 bits per heavy atom.